The summed E-state index contributed by atoms with van der Waals surface area (Å²) >= 11 is 5.98. The average molecular weight is 242 g/mol. The summed E-state index contributed by atoms with van der Waals surface area (Å²) < 4.78 is 5.19. The lowest BCUT2D eigenvalue weighted by Gasteiger charge is -2.14. The van der Waals surface area contributed by atoms with Gasteiger partial charge in [0.15, 0.2) is 0 Å². The fourth-order valence-corrected chi connectivity index (χ4v) is 2.12. The van der Waals surface area contributed by atoms with Crippen LogP contribution in [0.2, 0.25) is 5.02 Å². The molecule has 0 spiro atoms. The number of hydrogen-bond donors (Lipinski definition) is 2. The zero-order chi connectivity index (χ0) is 11.9. The summed E-state index contributed by atoms with van der Waals surface area (Å²) in [6, 6.07) is 1.34. The van der Waals surface area contributed by atoms with Crippen molar-refractivity contribution < 1.29 is 14.6 Å². The molecule has 1 fully saturated rings. The molecule has 1 aromatic carbocycles. The predicted molar refractivity (Wildman–Crippen MR) is 61.4 cm³/mol. The van der Waals surface area contributed by atoms with Crippen LogP contribution in [0.25, 0.3) is 0 Å². The molecular weight excluding hydrogens is 230 g/mol. The number of aromatic carboxylic acids is 1. The molecule has 1 saturated carbocycles. The van der Waals surface area contributed by atoms with Gasteiger partial charge < -0.3 is 15.6 Å². The molecule has 2 rings (SSSR count). The van der Waals surface area contributed by atoms with Gasteiger partial charge in [0.2, 0.25) is 0 Å². The third kappa shape index (κ3) is 1.69. The molecule has 0 bridgehead atoms. The second-order valence-electron chi connectivity index (χ2n) is 3.85. The van der Waals surface area contributed by atoms with Crippen LogP contribution in [0.3, 0.4) is 0 Å². The molecule has 3 N–H and O–H groups in total. The predicted octanol–water partition coefficient (Wildman–Crippen LogP) is 2.51. The van der Waals surface area contributed by atoms with Crippen LogP contribution in [0, 0.1) is 0 Å². The molecule has 0 atom stereocenters. The topological polar surface area (TPSA) is 72.5 Å². The van der Waals surface area contributed by atoms with Gasteiger partial charge in [0.05, 0.1) is 23.4 Å². The van der Waals surface area contributed by atoms with Gasteiger partial charge in [-0.25, -0.2) is 4.79 Å². The number of benzene rings is 1. The van der Waals surface area contributed by atoms with Crippen molar-refractivity contribution in [3.8, 4) is 5.75 Å². The molecule has 16 heavy (non-hydrogen) atoms. The van der Waals surface area contributed by atoms with E-state index in [0.717, 1.165) is 18.4 Å². The Morgan fingerprint density at radius 2 is 2.25 bits per heavy atom. The number of ether oxygens (including phenoxy) is 1. The highest BCUT2D eigenvalue weighted by atomic mass is 35.5. The normalized spacial score (nSPS) is 14.9. The Labute approximate surface area is 98.0 Å². The van der Waals surface area contributed by atoms with Crippen molar-refractivity contribution in [1.82, 2.24) is 0 Å². The maximum atomic E-state index is 11.0. The first-order valence-corrected chi connectivity index (χ1v) is 5.33. The van der Waals surface area contributed by atoms with Crippen molar-refractivity contribution in [1.29, 1.82) is 0 Å². The fraction of sp³-hybridized carbons (Fsp3) is 0.364. The van der Waals surface area contributed by atoms with E-state index >= 15 is 0 Å². The third-order valence-corrected chi connectivity index (χ3v) is 3.01. The van der Waals surface area contributed by atoms with E-state index < -0.39 is 5.97 Å². The molecule has 1 aliphatic rings. The molecule has 86 valence electrons. The van der Waals surface area contributed by atoms with Crippen molar-refractivity contribution in [2.75, 3.05) is 12.8 Å². The number of carboxylic acid groups (broad SMARTS) is 1. The highest BCUT2D eigenvalue weighted by molar-refractivity contribution is 6.32. The molecular formula is C11H12ClNO3. The van der Waals surface area contributed by atoms with E-state index in [9.17, 15) is 4.79 Å². The van der Waals surface area contributed by atoms with Crippen LogP contribution in [0.15, 0.2) is 6.07 Å². The first-order chi connectivity index (χ1) is 7.56. The Hall–Kier alpha value is -1.42. The Kier molecular flexibility index (Phi) is 2.68. The summed E-state index contributed by atoms with van der Waals surface area (Å²) in [5, 5.41) is 9.30. The largest absolute Gasteiger partial charge is 0.495 e. The molecule has 0 saturated heterocycles. The highest BCUT2D eigenvalue weighted by Crippen LogP contribution is 2.50. The van der Waals surface area contributed by atoms with Crippen molar-refractivity contribution in [3.63, 3.8) is 0 Å². The molecule has 1 aromatic rings. The maximum absolute atomic E-state index is 11.0. The number of nitrogens with two attached hydrogens (primary N) is 1. The zero-order valence-electron chi connectivity index (χ0n) is 8.79. The van der Waals surface area contributed by atoms with Crippen LogP contribution in [0.1, 0.15) is 34.7 Å². The van der Waals surface area contributed by atoms with E-state index in [2.05, 4.69) is 0 Å². The summed E-state index contributed by atoms with van der Waals surface area (Å²) in [6.07, 6.45) is 2.00. The van der Waals surface area contributed by atoms with Gasteiger partial charge in [0, 0.05) is 5.56 Å². The van der Waals surface area contributed by atoms with Crippen LogP contribution in [-0.4, -0.2) is 18.2 Å². The zero-order valence-corrected chi connectivity index (χ0v) is 9.54. The smallest absolute Gasteiger partial charge is 0.337 e. The summed E-state index contributed by atoms with van der Waals surface area (Å²) in [5.74, 6) is -0.276. The lowest BCUT2D eigenvalue weighted by Crippen LogP contribution is -2.07. The van der Waals surface area contributed by atoms with Crippen molar-refractivity contribution >= 4 is 23.3 Å². The summed E-state index contributed by atoms with van der Waals surface area (Å²) in [5.41, 5.74) is 6.92. The van der Waals surface area contributed by atoms with Crippen LogP contribution in [0.5, 0.6) is 5.75 Å². The SMILES string of the molecule is COc1c(Cl)cc(C(=O)O)c(N)c1C1CC1. The average Bonchev–Trinajstić information content (AvgIpc) is 3.03. The van der Waals surface area contributed by atoms with Gasteiger partial charge in [-0.3, -0.25) is 0 Å². The minimum absolute atomic E-state index is 0.0488. The fourth-order valence-electron chi connectivity index (χ4n) is 1.83. The minimum atomic E-state index is -1.07. The van der Waals surface area contributed by atoms with Gasteiger partial charge in [0.25, 0.3) is 0 Å². The second-order valence-corrected chi connectivity index (χ2v) is 4.25. The van der Waals surface area contributed by atoms with Crippen LogP contribution in [0.4, 0.5) is 5.69 Å². The molecule has 1 aliphatic carbocycles. The van der Waals surface area contributed by atoms with Gasteiger partial charge in [0.1, 0.15) is 5.75 Å². The minimum Gasteiger partial charge on any atom is -0.495 e. The second kappa shape index (κ2) is 3.87. The number of methoxy groups -OCH3 is 1. The number of nitrogen functional groups attached to an aromatic ring is 1. The number of halogens is 1. The molecule has 0 heterocycles. The molecule has 0 radical (unpaired) electrons. The van der Waals surface area contributed by atoms with Crippen LogP contribution < -0.4 is 10.5 Å². The lowest BCUT2D eigenvalue weighted by atomic mass is 10.0. The number of anilines is 1. The summed E-state index contributed by atoms with van der Waals surface area (Å²) in [7, 11) is 1.51. The van der Waals surface area contributed by atoms with E-state index in [1.807, 2.05) is 0 Å². The lowest BCUT2D eigenvalue weighted by molar-refractivity contribution is 0.0698. The van der Waals surface area contributed by atoms with Gasteiger partial charge in [-0.2, -0.15) is 0 Å². The quantitative estimate of drug-likeness (QED) is 0.798. The van der Waals surface area contributed by atoms with Gasteiger partial charge >= 0.3 is 5.97 Å². The van der Waals surface area contributed by atoms with E-state index in [1.165, 1.54) is 13.2 Å². The van der Waals surface area contributed by atoms with Crippen molar-refractivity contribution in [2.45, 2.75) is 18.8 Å². The maximum Gasteiger partial charge on any atom is 0.337 e. The number of carbonyl (C=O) groups is 1. The summed E-state index contributed by atoms with van der Waals surface area (Å²) in [4.78, 5) is 11.0. The highest BCUT2D eigenvalue weighted by Gasteiger charge is 2.32. The Morgan fingerprint density at radius 3 is 2.69 bits per heavy atom. The third-order valence-electron chi connectivity index (χ3n) is 2.73. The Balaban J connectivity index is 2.65. The van der Waals surface area contributed by atoms with Crippen molar-refractivity contribution in [3.05, 3.63) is 22.2 Å². The standard InChI is InChI=1S/C11H12ClNO3/c1-16-10-7(12)4-6(11(14)15)9(13)8(10)5-2-3-5/h4-5H,2-3,13H2,1H3,(H,14,15). The monoisotopic (exact) mass is 241 g/mol. The Morgan fingerprint density at radius 1 is 1.62 bits per heavy atom. The molecule has 0 unspecified atom stereocenters. The molecule has 0 aliphatic heterocycles. The number of rotatable bonds is 3. The van der Waals surface area contributed by atoms with E-state index in [1.54, 1.807) is 0 Å². The van der Waals surface area contributed by atoms with E-state index in [0.29, 0.717) is 10.8 Å². The van der Waals surface area contributed by atoms with Gasteiger partial charge in [-0.1, -0.05) is 11.6 Å². The van der Waals surface area contributed by atoms with Crippen LogP contribution in [-0.2, 0) is 0 Å². The molecule has 0 amide bonds. The molecule has 4 nitrogen and oxygen atoms in total. The van der Waals surface area contributed by atoms with Crippen molar-refractivity contribution in [2.24, 2.45) is 0 Å². The molecule has 0 aromatic heterocycles. The first kappa shape index (κ1) is 11.1. The van der Waals surface area contributed by atoms with E-state index in [4.69, 9.17) is 27.2 Å². The summed E-state index contributed by atoms with van der Waals surface area (Å²) in [6.45, 7) is 0. The number of hydrogen-bond acceptors (Lipinski definition) is 3. The van der Waals surface area contributed by atoms with Gasteiger partial charge in [-0.05, 0) is 24.8 Å². The van der Waals surface area contributed by atoms with E-state index in [-0.39, 0.29) is 17.2 Å². The number of carboxylic acids is 1. The van der Waals surface area contributed by atoms with Crippen LogP contribution >= 0.6 is 11.6 Å². The Bertz CT molecular complexity index is 455. The first-order valence-electron chi connectivity index (χ1n) is 4.95. The molecule has 5 heteroatoms. The van der Waals surface area contributed by atoms with Gasteiger partial charge in [-0.15, -0.1) is 0 Å².